The van der Waals surface area contributed by atoms with E-state index in [1.165, 1.54) is 0 Å². The summed E-state index contributed by atoms with van der Waals surface area (Å²) in [6.07, 6.45) is 3.26. The van der Waals surface area contributed by atoms with Crippen molar-refractivity contribution in [1.82, 2.24) is 4.90 Å². The predicted octanol–water partition coefficient (Wildman–Crippen LogP) is 0.644. The van der Waals surface area contributed by atoms with Crippen LogP contribution in [0, 0.1) is 5.92 Å². The summed E-state index contributed by atoms with van der Waals surface area (Å²) in [7, 11) is 1.83. The zero-order chi connectivity index (χ0) is 11.1. The smallest absolute Gasteiger partial charge is 0.222 e. The van der Waals surface area contributed by atoms with Gasteiger partial charge in [0.15, 0.2) is 0 Å². The Morgan fingerprint density at radius 2 is 2.40 bits per heavy atom. The Morgan fingerprint density at radius 1 is 1.60 bits per heavy atom. The summed E-state index contributed by atoms with van der Waals surface area (Å²) in [6.45, 7) is 2.51. The summed E-state index contributed by atoms with van der Waals surface area (Å²) < 4.78 is 5.37. The van der Waals surface area contributed by atoms with Gasteiger partial charge in [-0.1, -0.05) is 0 Å². The maximum Gasteiger partial charge on any atom is 0.222 e. The molecular weight excluding hydrogens is 194 g/mol. The Balaban J connectivity index is 2.20. The van der Waals surface area contributed by atoms with Gasteiger partial charge < -0.3 is 14.7 Å². The zero-order valence-corrected chi connectivity index (χ0v) is 9.45. The highest BCUT2D eigenvalue weighted by atomic mass is 16.5. The molecule has 0 aromatic rings. The first-order chi connectivity index (χ1) is 7.24. The molecule has 0 saturated carbocycles. The fraction of sp³-hybridized carbons (Fsp3) is 0.909. The topological polar surface area (TPSA) is 49.8 Å². The van der Waals surface area contributed by atoms with E-state index < -0.39 is 0 Å². The molecule has 1 aliphatic heterocycles. The fourth-order valence-electron chi connectivity index (χ4n) is 1.86. The van der Waals surface area contributed by atoms with Crippen LogP contribution < -0.4 is 0 Å². The largest absolute Gasteiger partial charge is 0.396 e. The SMILES string of the molecule is CN(CC1CCCOC1)C(=O)CCCO. The minimum atomic E-state index is 0.0894. The van der Waals surface area contributed by atoms with E-state index in [1.807, 2.05) is 7.05 Å². The van der Waals surface area contributed by atoms with Gasteiger partial charge in [-0.3, -0.25) is 4.79 Å². The van der Waals surface area contributed by atoms with Crippen LogP contribution in [-0.4, -0.2) is 49.3 Å². The minimum absolute atomic E-state index is 0.0894. The number of nitrogens with zero attached hydrogens (tertiary/aromatic N) is 1. The molecule has 4 heteroatoms. The number of amides is 1. The van der Waals surface area contributed by atoms with Gasteiger partial charge in [-0.2, -0.15) is 0 Å². The lowest BCUT2D eigenvalue weighted by Gasteiger charge is -2.27. The number of rotatable bonds is 5. The van der Waals surface area contributed by atoms with E-state index in [-0.39, 0.29) is 12.5 Å². The van der Waals surface area contributed by atoms with Gasteiger partial charge in [0.25, 0.3) is 0 Å². The molecule has 0 radical (unpaired) electrons. The first-order valence-electron chi connectivity index (χ1n) is 5.66. The second-order valence-electron chi connectivity index (χ2n) is 4.18. The van der Waals surface area contributed by atoms with Gasteiger partial charge in [0.2, 0.25) is 5.91 Å². The maximum absolute atomic E-state index is 11.5. The van der Waals surface area contributed by atoms with Crippen molar-refractivity contribution in [3.63, 3.8) is 0 Å². The van der Waals surface area contributed by atoms with Crippen molar-refractivity contribution in [1.29, 1.82) is 0 Å². The van der Waals surface area contributed by atoms with Crippen LogP contribution in [0.1, 0.15) is 25.7 Å². The highest BCUT2D eigenvalue weighted by molar-refractivity contribution is 5.75. The molecule has 0 aliphatic carbocycles. The minimum Gasteiger partial charge on any atom is -0.396 e. The summed E-state index contributed by atoms with van der Waals surface area (Å²) in [5.74, 6) is 0.608. The predicted molar refractivity (Wildman–Crippen MR) is 57.5 cm³/mol. The van der Waals surface area contributed by atoms with E-state index in [2.05, 4.69) is 0 Å². The molecule has 88 valence electrons. The molecule has 1 saturated heterocycles. The molecule has 1 fully saturated rings. The lowest BCUT2D eigenvalue weighted by atomic mass is 10.0. The Labute approximate surface area is 91.2 Å². The third kappa shape index (κ3) is 4.62. The molecular formula is C11H21NO3. The molecule has 1 rings (SSSR count). The van der Waals surface area contributed by atoms with Crippen LogP contribution in [0.25, 0.3) is 0 Å². The second-order valence-corrected chi connectivity index (χ2v) is 4.18. The van der Waals surface area contributed by atoms with E-state index >= 15 is 0 Å². The van der Waals surface area contributed by atoms with Crippen LogP contribution >= 0.6 is 0 Å². The average Bonchev–Trinajstić information content (AvgIpc) is 2.27. The molecule has 1 heterocycles. The van der Waals surface area contributed by atoms with E-state index in [1.54, 1.807) is 4.90 Å². The number of carbonyl (C=O) groups is 1. The first-order valence-corrected chi connectivity index (χ1v) is 5.66. The highest BCUT2D eigenvalue weighted by Gasteiger charge is 2.18. The molecule has 1 atom stereocenters. The molecule has 1 amide bonds. The first kappa shape index (κ1) is 12.5. The highest BCUT2D eigenvalue weighted by Crippen LogP contribution is 2.14. The summed E-state index contributed by atoms with van der Waals surface area (Å²) in [5, 5.41) is 8.63. The molecule has 1 N–H and O–H groups in total. The van der Waals surface area contributed by atoms with Gasteiger partial charge in [-0.25, -0.2) is 0 Å². The van der Waals surface area contributed by atoms with Gasteiger partial charge in [-0.15, -0.1) is 0 Å². The van der Waals surface area contributed by atoms with Crippen molar-refractivity contribution in [3.8, 4) is 0 Å². The Bertz CT molecular complexity index is 190. The van der Waals surface area contributed by atoms with E-state index in [0.29, 0.717) is 18.8 Å². The van der Waals surface area contributed by atoms with Gasteiger partial charge >= 0.3 is 0 Å². The van der Waals surface area contributed by atoms with Crippen LogP contribution in [0.15, 0.2) is 0 Å². The summed E-state index contributed by atoms with van der Waals surface area (Å²) in [4.78, 5) is 13.3. The number of aliphatic hydroxyl groups excluding tert-OH is 1. The van der Waals surface area contributed by atoms with Crippen molar-refractivity contribution >= 4 is 5.91 Å². The quantitative estimate of drug-likeness (QED) is 0.732. The lowest BCUT2D eigenvalue weighted by molar-refractivity contribution is -0.131. The Kier molecular flexibility index (Phi) is 5.65. The normalized spacial score (nSPS) is 21.3. The molecule has 15 heavy (non-hydrogen) atoms. The molecule has 4 nitrogen and oxygen atoms in total. The van der Waals surface area contributed by atoms with Crippen LogP contribution in [0.5, 0.6) is 0 Å². The number of aliphatic hydroxyl groups is 1. The van der Waals surface area contributed by atoms with E-state index in [4.69, 9.17) is 9.84 Å². The average molecular weight is 215 g/mol. The third-order valence-electron chi connectivity index (χ3n) is 2.76. The van der Waals surface area contributed by atoms with Crippen molar-refractivity contribution < 1.29 is 14.6 Å². The summed E-state index contributed by atoms with van der Waals surface area (Å²) in [6, 6.07) is 0. The van der Waals surface area contributed by atoms with Crippen molar-refractivity contribution in [2.75, 3.05) is 33.4 Å². The summed E-state index contributed by atoms with van der Waals surface area (Å²) in [5.41, 5.74) is 0. The third-order valence-corrected chi connectivity index (χ3v) is 2.76. The van der Waals surface area contributed by atoms with E-state index in [0.717, 1.165) is 32.6 Å². The van der Waals surface area contributed by atoms with Crippen LogP contribution in [0.4, 0.5) is 0 Å². The maximum atomic E-state index is 11.5. The lowest BCUT2D eigenvalue weighted by Crippen LogP contribution is -2.35. The van der Waals surface area contributed by atoms with Gasteiger partial charge in [0.05, 0.1) is 6.61 Å². The van der Waals surface area contributed by atoms with Crippen molar-refractivity contribution in [2.45, 2.75) is 25.7 Å². The van der Waals surface area contributed by atoms with Crippen molar-refractivity contribution in [2.24, 2.45) is 5.92 Å². The Morgan fingerprint density at radius 3 is 3.00 bits per heavy atom. The van der Waals surface area contributed by atoms with Gasteiger partial charge in [0, 0.05) is 33.2 Å². The number of hydrogen-bond acceptors (Lipinski definition) is 3. The standard InChI is InChI=1S/C11H21NO3/c1-12(11(14)5-2-6-13)8-10-4-3-7-15-9-10/h10,13H,2-9H2,1H3. The fourth-order valence-corrected chi connectivity index (χ4v) is 1.86. The summed E-state index contributed by atoms with van der Waals surface area (Å²) >= 11 is 0. The molecule has 0 aromatic carbocycles. The molecule has 1 unspecified atom stereocenters. The van der Waals surface area contributed by atoms with Crippen LogP contribution in [0.3, 0.4) is 0 Å². The molecule has 0 aromatic heterocycles. The Hall–Kier alpha value is -0.610. The molecule has 1 aliphatic rings. The number of carbonyl (C=O) groups excluding carboxylic acids is 1. The van der Waals surface area contributed by atoms with Crippen molar-refractivity contribution in [3.05, 3.63) is 0 Å². The number of ether oxygens (including phenoxy) is 1. The molecule has 0 spiro atoms. The number of hydrogen-bond donors (Lipinski definition) is 1. The van der Waals surface area contributed by atoms with Gasteiger partial charge in [0.1, 0.15) is 0 Å². The molecule has 0 bridgehead atoms. The van der Waals surface area contributed by atoms with Crippen LogP contribution in [0.2, 0.25) is 0 Å². The van der Waals surface area contributed by atoms with Crippen LogP contribution in [-0.2, 0) is 9.53 Å². The zero-order valence-electron chi connectivity index (χ0n) is 9.45. The van der Waals surface area contributed by atoms with E-state index in [9.17, 15) is 4.79 Å². The van der Waals surface area contributed by atoms with Gasteiger partial charge in [-0.05, 0) is 25.2 Å². The second kappa shape index (κ2) is 6.80. The monoisotopic (exact) mass is 215 g/mol.